The molecule has 1 fully saturated rings. The lowest BCUT2D eigenvalue weighted by molar-refractivity contribution is -0.126. The molecule has 0 heterocycles. The molecule has 0 spiro atoms. The molecule has 2 rings (SSSR count). The SMILES string of the molecule is Cc1ccc(S(=O)(=O)NCC(=O)NCC(=O)NC2CCC(O)CC2)cc1C. The fraction of sp³-hybridized carbons (Fsp3) is 0.556. The highest BCUT2D eigenvalue weighted by atomic mass is 32.2. The molecule has 1 aliphatic rings. The minimum atomic E-state index is -3.80. The van der Waals surface area contributed by atoms with Gasteiger partial charge in [0.2, 0.25) is 21.8 Å². The van der Waals surface area contributed by atoms with E-state index in [1.807, 2.05) is 13.8 Å². The van der Waals surface area contributed by atoms with E-state index in [-0.39, 0.29) is 29.5 Å². The van der Waals surface area contributed by atoms with Crippen LogP contribution in [0.4, 0.5) is 0 Å². The Morgan fingerprint density at radius 1 is 1.04 bits per heavy atom. The zero-order chi connectivity index (χ0) is 20.0. The maximum atomic E-state index is 12.2. The average Bonchev–Trinajstić information content (AvgIpc) is 2.62. The van der Waals surface area contributed by atoms with Gasteiger partial charge in [0.25, 0.3) is 0 Å². The van der Waals surface area contributed by atoms with Gasteiger partial charge in [0.1, 0.15) is 0 Å². The van der Waals surface area contributed by atoms with Gasteiger partial charge in [-0.1, -0.05) is 6.07 Å². The van der Waals surface area contributed by atoms with E-state index in [1.165, 1.54) is 6.07 Å². The zero-order valence-corrected chi connectivity index (χ0v) is 16.4. The Morgan fingerprint density at radius 2 is 1.70 bits per heavy atom. The van der Waals surface area contributed by atoms with Crippen molar-refractivity contribution in [1.82, 2.24) is 15.4 Å². The predicted molar refractivity (Wildman–Crippen MR) is 101 cm³/mol. The number of benzene rings is 1. The normalized spacial score (nSPS) is 20.1. The summed E-state index contributed by atoms with van der Waals surface area (Å²) in [6.45, 7) is 3.03. The van der Waals surface area contributed by atoms with Crippen molar-refractivity contribution >= 4 is 21.8 Å². The second kappa shape index (κ2) is 9.29. The summed E-state index contributed by atoms with van der Waals surface area (Å²) < 4.78 is 26.7. The van der Waals surface area contributed by atoms with Gasteiger partial charge in [0.05, 0.1) is 24.1 Å². The Morgan fingerprint density at radius 3 is 2.33 bits per heavy atom. The van der Waals surface area contributed by atoms with Gasteiger partial charge in [0, 0.05) is 6.04 Å². The van der Waals surface area contributed by atoms with Crippen LogP contribution in [0.15, 0.2) is 23.1 Å². The number of nitrogens with one attached hydrogen (secondary N) is 3. The van der Waals surface area contributed by atoms with Crippen LogP contribution in [-0.4, -0.2) is 50.6 Å². The van der Waals surface area contributed by atoms with Crippen LogP contribution < -0.4 is 15.4 Å². The Kier molecular flexibility index (Phi) is 7.34. The highest BCUT2D eigenvalue weighted by Gasteiger charge is 2.21. The number of aliphatic hydroxyl groups excluding tert-OH is 1. The number of carbonyl (C=O) groups excluding carboxylic acids is 2. The highest BCUT2D eigenvalue weighted by Crippen LogP contribution is 2.18. The van der Waals surface area contributed by atoms with Crippen LogP contribution in [0.2, 0.25) is 0 Å². The molecule has 2 amide bonds. The molecule has 9 heteroatoms. The van der Waals surface area contributed by atoms with Crippen LogP contribution in [0.25, 0.3) is 0 Å². The first-order valence-corrected chi connectivity index (χ1v) is 10.5. The number of rotatable bonds is 7. The number of aliphatic hydroxyl groups is 1. The number of hydrogen-bond donors (Lipinski definition) is 4. The third-order valence-electron chi connectivity index (χ3n) is 4.72. The van der Waals surface area contributed by atoms with Crippen LogP contribution in [0.1, 0.15) is 36.8 Å². The molecule has 0 aromatic heterocycles. The largest absolute Gasteiger partial charge is 0.393 e. The van der Waals surface area contributed by atoms with Crippen molar-refractivity contribution in [3.63, 3.8) is 0 Å². The molecule has 0 aliphatic heterocycles. The molecular formula is C18H27N3O5S. The molecule has 1 aliphatic carbocycles. The van der Waals surface area contributed by atoms with Gasteiger partial charge < -0.3 is 15.7 Å². The third kappa shape index (κ3) is 6.60. The second-order valence-corrected chi connectivity index (χ2v) is 8.69. The fourth-order valence-corrected chi connectivity index (χ4v) is 3.93. The summed E-state index contributed by atoms with van der Waals surface area (Å²) in [5.74, 6) is -0.918. The van der Waals surface area contributed by atoms with Crippen LogP contribution in [0.3, 0.4) is 0 Å². The maximum absolute atomic E-state index is 12.2. The van der Waals surface area contributed by atoms with E-state index in [1.54, 1.807) is 12.1 Å². The number of aryl methyl sites for hydroxylation is 2. The second-order valence-electron chi connectivity index (χ2n) is 6.92. The summed E-state index contributed by atoms with van der Waals surface area (Å²) in [5, 5.41) is 14.6. The smallest absolute Gasteiger partial charge is 0.241 e. The van der Waals surface area contributed by atoms with E-state index in [0.717, 1.165) is 11.1 Å². The van der Waals surface area contributed by atoms with E-state index in [4.69, 9.17) is 0 Å². The Labute approximate surface area is 159 Å². The van der Waals surface area contributed by atoms with E-state index in [0.29, 0.717) is 25.7 Å². The molecule has 4 N–H and O–H groups in total. The van der Waals surface area contributed by atoms with Crippen molar-refractivity contribution in [2.75, 3.05) is 13.1 Å². The third-order valence-corrected chi connectivity index (χ3v) is 6.12. The van der Waals surface area contributed by atoms with E-state index >= 15 is 0 Å². The summed E-state index contributed by atoms with van der Waals surface area (Å²) in [4.78, 5) is 23.8. The number of amides is 2. The molecular weight excluding hydrogens is 370 g/mol. The van der Waals surface area contributed by atoms with E-state index in [9.17, 15) is 23.1 Å². The minimum Gasteiger partial charge on any atom is -0.393 e. The lowest BCUT2D eigenvalue weighted by atomic mass is 9.93. The van der Waals surface area contributed by atoms with Gasteiger partial charge in [-0.25, -0.2) is 13.1 Å². The lowest BCUT2D eigenvalue weighted by Crippen LogP contribution is -2.45. The first-order valence-electron chi connectivity index (χ1n) is 8.98. The number of sulfonamides is 1. The van der Waals surface area contributed by atoms with Crippen molar-refractivity contribution in [3.05, 3.63) is 29.3 Å². The van der Waals surface area contributed by atoms with Gasteiger partial charge in [-0.05, 0) is 62.8 Å². The van der Waals surface area contributed by atoms with Crippen LogP contribution >= 0.6 is 0 Å². The molecule has 0 bridgehead atoms. The maximum Gasteiger partial charge on any atom is 0.241 e. The molecule has 150 valence electrons. The summed E-state index contributed by atoms with van der Waals surface area (Å²) in [7, 11) is -3.80. The molecule has 0 saturated heterocycles. The standard InChI is InChI=1S/C18H27N3O5S/c1-12-3-8-16(9-13(12)2)27(25,26)20-11-17(23)19-10-18(24)21-14-4-6-15(22)7-5-14/h3,8-9,14-15,20,22H,4-7,10-11H2,1-2H3,(H,19,23)(H,21,24). The van der Waals surface area contributed by atoms with Gasteiger partial charge in [0.15, 0.2) is 0 Å². The highest BCUT2D eigenvalue weighted by molar-refractivity contribution is 7.89. The Bertz CT molecular complexity index is 786. The summed E-state index contributed by atoms with van der Waals surface area (Å²) in [6.07, 6.45) is 2.41. The number of hydrogen-bond acceptors (Lipinski definition) is 5. The van der Waals surface area contributed by atoms with Gasteiger partial charge in [-0.3, -0.25) is 9.59 Å². The zero-order valence-electron chi connectivity index (χ0n) is 15.6. The molecule has 8 nitrogen and oxygen atoms in total. The molecule has 0 atom stereocenters. The summed E-state index contributed by atoms with van der Waals surface area (Å²) in [6, 6.07) is 4.74. The first kappa shape index (κ1) is 21.3. The number of carbonyl (C=O) groups is 2. The van der Waals surface area contributed by atoms with Crippen LogP contribution in [0.5, 0.6) is 0 Å². The molecule has 0 unspecified atom stereocenters. The van der Waals surface area contributed by atoms with Gasteiger partial charge >= 0.3 is 0 Å². The van der Waals surface area contributed by atoms with Gasteiger partial charge in [-0.2, -0.15) is 0 Å². The van der Waals surface area contributed by atoms with E-state index < -0.39 is 22.5 Å². The van der Waals surface area contributed by atoms with Crippen molar-refractivity contribution < 1.29 is 23.1 Å². The van der Waals surface area contributed by atoms with Crippen molar-refractivity contribution in [1.29, 1.82) is 0 Å². The van der Waals surface area contributed by atoms with Crippen molar-refractivity contribution in [2.24, 2.45) is 0 Å². The molecule has 1 aromatic rings. The molecule has 1 aromatic carbocycles. The van der Waals surface area contributed by atoms with Gasteiger partial charge in [-0.15, -0.1) is 0 Å². The van der Waals surface area contributed by atoms with Crippen LogP contribution in [0, 0.1) is 13.8 Å². The minimum absolute atomic E-state index is 0.00100. The fourth-order valence-electron chi connectivity index (χ4n) is 2.87. The lowest BCUT2D eigenvalue weighted by Gasteiger charge is -2.26. The average molecular weight is 397 g/mol. The molecule has 0 radical (unpaired) electrons. The quantitative estimate of drug-likeness (QED) is 0.520. The van der Waals surface area contributed by atoms with Crippen LogP contribution in [-0.2, 0) is 19.6 Å². The molecule has 27 heavy (non-hydrogen) atoms. The monoisotopic (exact) mass is 397 g/mol. The molecule has 1 saturated carbocycles. The Balaban J connectivity index is 1.75. The summed E-state index contributed by atoms with van der Waals surface area (Å²) >= 11 is 0. The predicted octanol–water partition coefficient (Wildman–Crippen LogP) is 0.118. The Hall–Kier alpha value is -1.97. The van der Waals surface area contributed by atoms with Crippen molar-refractivity contribution in [3.8, 4) is 0 Å². The first-order chi connectivity index (χ1) is 12.7. The summed E-state index contributed by atoms with van der Waals surface area (Å²) in [5.41, 5.74) is 1.82. The topological polar surface area (TPSA) is 125 Å². The van der Waals surface area contributed by atoms with Crippen molar-refractivity contribution in [2.45, 2.75) is 56.6 Å². The van der Waals surface area contributed by atoms with E-state index in [2.05, 4.69) is 15.4 Å².